The van der Waals surface area contributed by atoms with Crippen LogP contribution in [0.3, 0.4) is 0 Å². The summed E-state index contributed by atoms with van der Waals surface area (Å²) in [6, 6.07) is 5.89. The van der Waals surface area contributed by atoms with E-state index >= 15 is 0 Å². The Hall–Kier alpha value is -0.730. The second-order valence-corrected chi connectivity index (χ2v) is 5.62. The van der Waals surface area contributed by atoms with Crippen molar-refractivity contribution in [3.05, 3.63) is 29.0 Å². The summed E-state index contributed by atoms with van der Waals surface area (Å²) in [4.78, 5) is 4.65. The molecular formula is C15H20Cl2N2. The maximum absolute atomic E-state index is 6.10. The van der Waals surface area contributed by atoms with Crippen molar-refractivity contribution in [2.75, 3.05) is 0 Å². The van der Waals surface area contributed by atoms with Gasteiger partial charge in [0.2, 0.25) is 0 Å². The Labute approximate surface area is 124 Å². The molecule has 0 radical (unpaired) electrons. The van der Waals surface area contributed by atoms with Crippen molar-refractivity contribution in [2.24, 2.45) is 0 Å². The fourth-order valence-corrected chi connectivity index (χ4v) is 3.29. The van der Waals surface area contributed by atoms with E-state index in [-0.39, 0.29) is 5.54 Å². The van der Waals surface area contributed by atoms with Gasteiger partial charge in [-0.15, -0.1) is 11.6 Å². The molecule has 19 heavy (non-hydrogen) atoms. The van der Waals surface area contributed by atoms with Crippen LogP contribution in [-0.2, 0) is 11.4 Å². The van der Waals surface area contributed by atoms with Gasteiger partial charge in [-0.1, -0.05) is 32.4 Å². The SMILES string of the molecule is CCC(CC)(CC)n1c(CCl)nc2cc(Cl)ccc21. The summed E-state index contributed by atoms with van der Waals surface area (Å²) >= 11 is 12.2. The van der Waals surface area contributed by atoms with E-state index in [2.05, 4.69) is 36.4 Å². The van der Waals surface area contributed by atoms with Crippen molar-refractivity contribution < 1.29 is 0 Å². The molecule has 104 valence electrons. The Morgan fingerprint density at radius 3 is 2.32 bits per heavy atom. The van der Waals surface area contributed by atoms with Gasteiger partial charge in [-0.3, -0.25) is 0 Å². The van der Waals surface area contributed by atoms with Crippen molar-refractivity contribution in [1.82, 2.24) is 9.55 Å². The van der Waals surface area contributed by atoms with Crippen molar-refractivity contribution in [3.8, 4) is 0 Å². The highest BCUT2D eigenvalue weighted by molar-refractivity contribution is 6.31. The third kappa shape index (κ3) is 2.36. The lowest BCUT2D eigenvalue weighted by Crippen LogP contribution is -2.32. The molecule has 0 fully saturated rings. The van der Waals surface area contributed by atoms with E-state index in [1.165, 1.54) is 0 Å². The highest BCUT2D eigenvalue weighted by Gasteiger charge is 2.30. The molecule has 1 aromatic heterocycles. The number of rotatable bonds is 5. The molecule has 0 saturated carbocycles. The lowest BCUT2D eigenvalue weighted by molar-refractivity contribution is 0.253. The summed E-state index contributed by atoms with van der Waals surface area (Å²) in [5.74, 6) is 1.36. The maximum Gasteiger partial charge on any atom is 0.125 e. The summed E-state index contributed by atoms with van der Waals surface area (Å²) in [7, 11) is 0. The van der Waals surface area contributed by atoms with E-state index in [1.54, 1.807) is 0 Å². The molecule has 2 aromatic rings. The first-order chi connectivity index (χ1) is 9.11. The predicted octanol–water partition coefficient (Wildman–Crippen LogP) is 5.35. The minimum Gasteiger partial charge on any atom is -0.321 e. The van der Waals surface area contributed by atoms with Crippen LogP contribution in [0.5, 0.6) is 0 Å². The molecule has 0 amide bonds. The van der Waals surface area contributed by atoms with E-state index < -0.39 is 0 Å². The van der Waals surface area contributed by atoms with Gasteiger partial charge in [-0.2, -0.15) is 0 Å². The number of aromatic nitrogens is 2. The van der Waals surface area contributed by atoms with Gasteiger partial charge >= 0.3 is 0 Å². The number of fused-ring (bicyclic) bond motifs is 1. The fourth-order valence-electron chi connectivity index (χ4n) is 2.95. The zero-order valence-corrected chi connectivity index (χ0v) is 13.2. The molecule has 0 N–H and O–H groups in total. The molecule has 1 aromatic carbocycles. The van der Waals surface area contributed by atoms with Gasteiger partial charge in [0, 0.05) is 10.6 Å². The molecule has 0 spiro atoms. The van der Waals surface area contributed by atoms with Crippen molar-refractivity contribution in [2.45, 2.75) is 51.5 Å². The van der Waals surface area contributed by atoms with Crippen molar-refractivity contribution in [1.29, 1.82) is 0 Å². The largest absolute Gasteiger partial charge is 0.321 e. The standard InChI is InChI=1S/C15H20Cl2N2/c1-4-15(5-2,6-3)19-13-8-7-11(17)9-12(13)18-14(19)10-16/h7-9H,4-6,10H2,1-3H3. The number of imidazole rings is 1. The second-order valence-electron chi connectivity index (χ2n) is 4.92. The number of alkyl halides is 1. The Kier molecular flexibility index (Phi) is 4.42. The lowest BCUT2D eigenvalue weighted by Gasteiger charge is -2.34. The number of nitrogens with zero attached hydrogens (tertiary/aromatic N) is 2. The van der Waals surface area contributed by atoms with Crippen LogP contribution < -0.4 is 0 Å². The van der Waals surface area contributed by atoms with Gasteiger partial charge in [-0.05, 0) is 37.5 Å². The number of benzene rings is 1. The summed E-state index contributed by atoms with van der Waals surface area (Å²) < 4.78 is 2.33. The average Bonchev–Trinajstić information content (AvgIpc) is 2.80. The van der Waals surface area contributed by atoms with Crippen LogP contribution in [0.2, 0.25) is 5.02 Å². The van der Waals surface area contributed by atoms with Crippen LogP contribution in [0, 0.1) is 0 Å². The van der Waals surface area contributed by atoms with Gasteiger partial charge in [0.1, 0.15) is 5.82 Å². The summed E-state index contributed by atoms with van der Waals surface area (Å²) in [6.07, 6.45) is 3.20. The highest BCUT2D eigenvalue weighted by atomic mass is 35.5. The molecule has 2 rings (SSSR count). The van der Waals surface area contributed by atoms with Gasteiger partial charge in [-0.25, -0.2) is 4.98 Å². The lowest BCUT2D eigenvalue weighted by atomic mass is 9.89. The average molecular weight is 299 g/mol. The van der Waals surface area contributed by atoms with Crippen LogP contribution in [0.1, 0.15) is 45.9 Å². The Balaban J connectivity index is 2.76. The van der Waals surface area contributed by atoms with Crippen LogP contribution in [0.25, 0.3) is 11.0 Å². The van der Waals surface area contributed by atoms with E-state index in [9.17, 15) is 0 Å². The first-order valence-electron chi connectivity index (χ1n) is 6.85. The zero-order valence-electron chi connectivity index (χ0n) is 11.7. The summed E-state index contributed by atoms with van der Waals surface area (Å²) in [5, 5.41) is 0.716. The number of hydrogen-bond donors (Lipinski definition) is 0. The van der Waals surface area contributed by atoms with Gasteiger partial charge < -0.3 is 4.57 Å². The molecule has 0 aliphatic carbocycles. The van der Waals surface area contributed by atoms with Crippen LogP contribution >= 0.6 is 23.2 Å². The second kappa shape index (κ2) is 5.72. The topological polar surface area (TPSA) is 17.8 Å². The number of hydrogen-bond acceptors (Lipinski definition) is 1. The molecule has 0 unspecified atom stereocenters. The van der Waals surface area contributed by atoms with E-state index in [4.69, 9.17) is 23.2 Å². The quantitative estimate of drug-likeness (QED) is 0.680. The molecule has 0 aliphatic heterocycles. The number of halogens is 2. The third-order valence-corrected chi connectivity index (χ3v) is 4.73. The third-order valence-electron chi connectivity index (χ3n) is 4.25. The maximum atomic E-state index is 6.10. The first kappa shape index (κ1) is 14.7. The molecule has 0 atom stereocenters. The zero-order chi connectivity index (χ0) is 14.0. The smallest absolute Gasteiger partial charge is 0.125 e. The monoisotopic (exact) mass is 298 g/mol. The summed E-state index contributed by atoms with van der Waals surface area (Å²) in [5.41, 5.74) is 2.15. The van der Waals surface area contributed by atoms with E-state index in [0.717, 1.165) is 36.1 Å². The molecule has 0 saturated heterocycles. The Bertz CT molecular complexity index is 563. The van der Waals surface area contributed by atoms with E-state index in [1.807, 2.05) is 12.1 Å². The van der Waals surface area contributed by atoms with Crippen molar-refractivity contribution >= 4 is 34.2 Å². The molecular weight excluding hydrogens is 279 g/mol. The molecule has 1 heterocycles. The van der Waals surface area contributed by atoms with Crippen LogP contribution in [0.4, 0.5) is 0 Å². The Morgan fingerprint density at radius 2 is 1.79 bits per heavy atom. The van der Waals surface area contributed by atoms with Gasteiger partial charge in [0.25, 0.3) is 0 Å². The van der Waals surface area contributed by atoms with Crippen LogP contribution in [-0.4, -0.2) is 9.55 Å². The molecule has 2 nitrogen and oxygen atoms in total. The van der Waals surface area contributed by atoms with Gasteiger partial charge in [0.15, 0.2) is 0 Å². The normalized spacial score (nSPS) is 12.3. The minimum absolute atomic E-state index is 0.0901. The molecule has 0 aliphatic rings. The fraction of sp³-hybridized carbons (Fsp3) is 0.533. The minimum atomic E-state index is 0.0901. The molecule has 0 bridgehead atoms. The first-order valence-corrected chi connectivity index (χ1v) is 7.76. The summed E-state index contributed by atoms with van der Waals surface area (Å²) in [6.45, 7) is 6.69. The highest BCUT2D eigenvalue weighted by Crippen LogP contribution is 2.35. The Morgan fingerprint density at radius 1 is 1.16 bits per heavy atom. The van der Waals surface area contributed by atoms with Crippen molar-refractivity contribution in [3.63, 3.8) is 0 Å². The molecule has 4 heteroatoms. The van der Waals surface area contributed by atoms with Gasteiger partial charge in [0.05, 0.1) is 16.9 Å². The van der Waals surface area contributed by atoms with Crippen LogP contribution in [0.15, 0.2) is 18.2 Å². The predicted molar refractivity (Wildman–Crippen MR) is 83.1 cm³/mol. The van der Waals surface area contributed by atoms with E-state index in [0.29, 0.717) is 10.9 Å².